The van der Waals surface area contributed by atoms with Crippen LogP contribution in [0, 0.1) is 0 Å². The molecule has 0 spiro atoms. The number of ether oxygens (including phenoxy) is 1. The predicted octanol–water partition coefficient (Wildman–Crippen LogP) is 3.12. The molecule has 0 saturated carbocycles. The van der Waals surface area contributed by atoms with Gasteiger partial charge in [0.05, 0.1) is 18.3 Å². The van der Waals surface area contributed by atoms with Crippen molar-refractivity contribution < 1.29 is 4.74 Å². The third-order valence-electron chi connectivity index (χ3n) is 4.22. The molecule has 0 bridgehead atoms. The van der Waals surface area contributed by atoms with E-state index in [0.29, 0.717) is 5.92 Å². The summed E-state index contributed by atoms with van der Waals surface area (Å²) < 4.78 is 7.92. The molecule has 4 heteroatoms. The largest absolute Gasteiger partial charge is 0.493 e. The molecule has 2 atom stereocenters. The number of nitrogens with one attached hydrogen (secondary N) is 1. The number of aryl methyl sites for hydroxylation is 1. The van der Waals surface area contributed by atoms with Gasteiger partial charge in [0.25, 0.3) is 0 Å². The fourth-order valence-corrected chi connectivity index (χ4v) is 3.28. The molecule has 112 valence electrons. The Bertz CT molecular complexity index is 593. The van der Waals surface area contributed by atoms with Crippen LogP contribution in [0.2, 0.25) is 0 Å². The molecule has 1 N–H and O–H groups in total. The van der Waals surface area contributed by atoms with E-state index < -0.39 is 0 Å². The number of aromatic nitrogens is 2. The molecule has 3 rings (SSSR count). The van der Waals surface area contributed by atoms with E-state index in [9.17, 15) is 0 Å². The van der Waals surface area contributed by atoms with Gasteiger partial charge < -0.3 is 10.1 Å². The molecular formula is C17H23N3O. The Balaban J connectivity index is 1.96. The maximum absolute atomic E-state index is 5.79. The summed E-state index contributed by atoms with van der Waals surface area (Å²) in [6, 6.07) is 10.8. The molecule has 4 nitrogen and oxygen atoms in total. The standard InChI is InChI=1S/C17H23N3O/c1-3-11-20-15(8-10-19-20)17(18-2)14-9-12-21-16-7-5-4-6-13(14)16/h4-8,10,14,17-18H,3,9,11-12H2,1-2H3. The fraction of sp³-hybridized carbons (Fsp3) is 0.471. The van der Waals surface area contributed by atoms with Gasteiger partial charge >= 0.3 is 0 Å². The highest BCUT2D eigenvalue weighted by atomic mass is 16.5. The Kier molecular flexibility index (Phi) is 4.25. The van der Waals surface area contributed by atoms with E-state index in [1.54, 1.807) is 0 Å². The van der Waals surface area contributed by atoms with Gasteiger partial charge in [0, 0.05) is 18.7 Å². The lowest BCUT2D eigenvalue weighted by Gasteiger charge is -2.32. The maximum atomic E-state index is 5.79. The zero-order valence-corrected chi connectivity index (χ0v) is 12.7. The number of likely N-dealkylation sites (N-methyl/N-ethyl adjacent to an activating group) is 1. The average molecular weight is 285 g/mol. The normalized spacial score (nSPS) is 18.9. The van der Waals surface area contributed by atoms with E-state index >= 15 is 0 Å². The number of hydrogen-bond acceptors (Lipinski definition) is 3. The molecule has 1 aliphatic rings. The third kappa shape index (κ3) is 2.68. The van der Waals surface area contributed by atoms with Crippen LogP contribution in [0.3, 0.4) is 0 Å². The monoisotopic (exact) mass is 285 g/mol. The van der Waals surface area contributed by atoms with Gasteiger partial charge in [-0.2, -0.15) is 5.10 Å². The van der Waals surface area contributed by atoms with Crippen molar-refractivity contribution in [1.82, 2.24) is 15.1 Å². The van der Waals surface area contributed by atoms with Crippen molar-refractivity contribution in [1.29, 1.82) is 0 Å². The molecular weight excluding hydrogens is 262 g/mol. The number of para-hydroxylation sites is 1. The lowest BCUT2D eigenvalue weighted by Crippen LogP contribution is -2.30. The summed E-state index contributed by atoms with van der Waals surface area (Å²) in [4.78, 5) is 0. The first-order valence-corrected chi connectivity index (χ1v) is 7.75. The van der Waals surface area contributed by atoms with E-state index in [2.05, 4.69) is 46.3 Å². The van der Waals surface area contributed by atoms with E-state index in [1.165, 1.54) is 11.3 Å². The molecule has 2 heterocycles. The Morgan fingerprint density at radius 2 is 2.24 bits per heavy atom. The van der Waals surface area contributed by atoms with Gasteiger partial charge in [0.15, 0.2) is 0 Å². The number of hydrogen-bond donors (Lipinski definition) is 1. The van der Waals surface area contributed by atoms with Crippen molar-refractivity contribution in [2.75, 3.05) is 13.7 Å². The first-order chi connectivity index (χ1) is 10.3. The zero-order valence-electron chi connectivity index (χ0n) is 12.7. The zero-order chi connectivity index (χ0) is 14.7. The second-order valence-electron chi connectivity index (χ2n) is 5.53. The summed E-state index contributed by atoms with van der Waals surface area (Å²) in [6.07, 6.45) is 4.02. The van der Waals surface area contributed by atoms with E-state index in [1.807, 2.05) is 19.3 Å². The predicted molar refractivity (Wildman–Crippen MR) is 83.6 cm³/mol. The molecule has 1 aromatic carbocycles. The van der Waals surface area contributed by atoms with Crippen molar-refractivity contribution >= 4 is 0 Å². The minimum atomic E-state index is 0.268. The third-order valence-corrected chi connectivity index (χ3v) is 4.22. The second kappa shape index (κ2) is 6.31. The lowest BCUT2D eigenvalue weighted by atomic mass is 9.85. The summed E-state index contributed by atoms with van der Waals surface area (Å²) in [5.41, 5.74) is 2.56. The molecule has 0 aliphatic carbocycles. The molecule has 21 heavy (non-hydrogen) atoms. The highest BCUT2D eigenvalue weighted by molar-refractivity contribution is 5.39. The minimum absolute atomic E-state index is 0.268. The van der Waals surface area contributed by atoms with Crippen molar-refractivity contribution in [3.8, 4) is 5.75 Å². The number of fused-ring (bicyclic) bond motifs is 1. The second-order valence-corrected chi connectivity index (χ2v) is 5.53. The van der Waals surface area contributed by atoms with Crippen molar-refractivity contribution in [2.45, 2.75) is 38.3 Å². The van der Waals surface area contributed by atoms with Gasteiger partial charge in [-0.3, -0.25) is 4.68 Å². The number of nitrogens with zero attached hydrogens (tertiary/aromatic N) is 2. The first-order valence-electron chi connectivity index (χ1n) is 7.75. The van der Waals surface area contributed by atoms with E-state index in [-0.39, 0.29) is 6.04 Å². The Labute approximate surface area is 126 Å². The highest BCUT2D eigenvalue weighted by Gasteiger charge is 2.30. The molecule has 0 fully saturated rings. The van der Waals surface area contributed by atoms with Crippen LogP contribution >= 0.6 is 0 Å². The van der Waals surface area contributed by atoms with Gasteiger partial charge in [-0.25, -0.2) is 0 Å². The van der Waals surface area contributed by atoms with Crippen molar-refractivity contribution in [3.63, 3.8) is 0 Å². The Morgan fingerprint density at radius 1 is 1.38 bits per heavy atom. The SMILES string of the molecule is CCCn1nccc1C(NC)C1CCOc2ccccc21. The van der Waals surface area contributed by atoms with Crippen LogP contribution in [-0.2, 0) is 6.54 Å². The Hall–Kier alpha value is -1.81. The molecule has 2 unspecified atom stereocenters. The van der Waals surface area contributed by atoms with Gasteiger partial charge in [-0.1, -0.05) is 25.1 Å². The van der Waals surface area contributed by atoms with Gasteiger partial charge in [-0.15, -0.1) is 0 Å². The summed E-state index contributed by atoms with van der Waals surface area (Å²) in [5, 5.41) is 7.97. The molecule has 1 aliphatic heterocycles. The van der Waals surface area contributed by atoms with Crippen LogP contribution in [0.4, 0.5) is 0 Å². The average Bonchev–Trinajstić information content (AvgIpc) is 2.97. The van der Waals surface area contributed by atoms with Crippen molar-refractivity contribution in [2.24, 2.45) is 0 Å². The minimum Gasteiger partial charge on any atom is -0.493 e. The van der Waals surface area contributed by atoms with Crippen LogP contribution in [0.25, 0.3) is 0 Å². The van der Waals surface area contributed by atoms with Crippen LogP contribution in [-0.4, -0.2) is 23.4 Å². The summed E-state index contributed by atoms with van der Waals surface area (Å²) >= 11 is 0. The Morgan fingerprint density at radius 3 is 3.05 bits per heavy atom. The lowest BCUT2D eigenvalue weighted by molar-refractivity contribution is 0.245. The summed E-state index contributed by atoms with van der Waals surface area (Å²) in [7, 11) is 2.03. The van der Waals surface area contributed by atoms with E-state index in [4.69, 9.17) is 4.74 Å². The summed E-state index contributed by atoms with van der Waals surface area (Å²) in [5.74, 6) is 1.45. The summed E-state index contributed by atoms with van der Waals surface area (Å²) in [6.45, 7) is 3.93. The molecule has 2 aromatic rings. The van der Waals surface area contributed by atoms with Gasteiger partial charge in [0.2, 0.25) is 0 Å². The van der Waals surface area contributed by atoms with Gasteiger partial charge in [-0.05, 0) is 37.6 Å². The number of rotatable bonds is 5. The molecule has 0 amide bonds. The molecule has 1 aromatic heterocycles. The van der Waals surface area contributed by atoms with Crippen LogP contribution < -0.4 is 10.1 Å². The maximum Gasteiger partial charge on any atom is 0.122 e. The van der Waals surface area contributed by atoms with Crippen LogP contribution in [0.1, 0.15) is 43.0 Å². The highest BCUT2D eigenvalue weighted by Crippen LogP contribution is 2.41. The smallest absolute Gasteiger partial charge is 0.122 e. The van der Waals surface area contributed by atoms with Gasteiger partial charge in [0.1, 0.15) is 5.75 Å². The topological polar surface area (TPSA) is 39.1 Å². The van der Waals surface area contributed by atoms with Crippen molar-refractivity contribution in [3.05, 3.63) is 47.8 Å². The fourth-order valence-electron chi connectivity index (χ4n) is 3.28. The first kappa shape index (κ1) is 14.1. The number of benzene rings is 1. The molecule has 0 saturated heterocycles. The quantitative estimate of drug-likeness (QED) is 0.917. The van der Waals surface area contributed by atoms with Crippen LogP contribution in [0.5, 0.6) is 5.75 Å². The van der Waals surface area contributed by atoms with E-state index in [0.717, 1.165) is 31.7 Å². The molecule has 0 radical (unpaired) electrons. The van der Waals surface area contributed by atoms with Crippen LogP contribution in [0.15, 0.2) is 36.5 Å².